The first-order valence-electron chi connectivity index (χ1n) is 16.0. The van der Waals surface area contributed by atoms with Crippen LogP contribution in [0.25, 0.3) is 54.6 Å². The van der Waals surface area contributed by atoms with Crippen LogP contribution < -0.4 is 0 Å². The van der Waals surface area contributed by atoms with Crippen LogP contribution in [0.2, 0.25) is 0 Å². The largest absolute Gasteiger partial charge is 0.504 e. The van der Waals surface area contributed by atoms with Gasteiger partial charge in [-0.1, -0.05) is 117 Å². The summed E-state index contributed by atoms with van der Waals surface area (Å²) in [5.74, 6) is 0.893. The van der Waals surface area contributed by atoms with Gasteiger partial charge in [0, 0.05) is 22.6 Å². The van der Waals surface area contributed by atoms with Crippen molar-refractivity contribution in [1.29, 1.82) is 5.41 Å². The molecule has 1 heterocycles. The molecule has 1 aliphatic carbocycles. The Labute approximate surface area is 265 Å². The van der Waals surface area contributed by atoms with E-state index in [9.17, 15) is 5.11 Å². The van der Waals surface area contributed by atoms with Crippen LogP contribution in [0, 0.1) is 11.3 Å². The van der Waals surface area contributed by atoms with Gasteiger partial charge in [0.05, 0.1) is 0 Å². The topological polar surface area (TPSA) is 57.2 Å². The fourth-order valence-electron chi connectivity index (χ4n) is 6.39. The lowest BCUT2D eigenvalue weighted by Crippen LogP contribution is -2.04. The van der Waals surface area contributed by atoms with E-state index in [0.29, 0.717) is 11.2 Å². The first-order valence-corrected chi connectivity index (χ1v) is 16.0. The Balaban J connectivity index is 0.000000200. The van der Waals surface area contributed by atoms with Gasteiger partial charge in [0.25, 0.3) is 0 Å². The highest BCUT2D eigenvalue weighted by Gasteiger charge is 2.15. The predicted octanol–water partition coefficient (Wildman–Crippen LogP) is 11.9. The van der Waals surface area contributed by atoms with Gasteiger partial charge in [0.1, 0.15) is 5.58 Å². The number of aromatic hydroxyl groups is 1. The number of hydrogen-bond acceptors (Lipinski definition) is 3. The summed E-state index contributed by atoms with van der Waals surface area (Å²) in [6.07, 6.45) is 11.3. The van der Waals surface area contributed by atoms with Gasteiger partial charge in [0.15, 0.2) is 11.3 Å². The second kappa shape index (κ2) is 13.7. The number of allylic oxidation sites excluding steroid dienone is 2. The van der Waals surface area contributed by atoms with Crippen LogP contribution in [-0.2, 0) is 6.42 Å². The molecule has 0 aliphatic heterocycles. The second-order valence-electron chi connectivity index (χ2n) is 11.4. The molecule has 0 saturated carbocycles. The zero-order valence-electron chi connectivity index (χ0n) is 26.0. The van der Waals surface area contributed by atoms with E-state index in [4.69, 9.17) is 9.83 Å². The van der Waals surface area contributed by atoms with Crippen molar-refractivity contribution in [2.24, 2.45) is 5.92 Å². The molecule has 0 amide bonds. The van der Waals surface area contributed by atoms with Crippen molar-refractivity contribution >= 4 is 49.7 Å². The van der Waals surface area contributed by atoms with Crippen molar-refractivity contribution in [3.8, 4) is 16.9 Å². The third kappa shape index (κ3) is 6.25. The van der Waals surface area contributed by atoms with Crippen molar-refractivity contribution in [2.75, 3.05) is 0 Å². The minimum atomic E-state index is 0.105. The van der Waals surface area contributed by atoms with Gasteiger partial charge in [-0.2, -0.15) is 0 Å². The van der Waals surface area contributed by atoms with Crippen LogP contribution in [0.5, 0.6) is 5.75 Å². The molecule has 0 saturated heterocycles. The zero-order valence-corrected chi connectivity index (χ0v) is 26.0. The van der Waals surface area contributed by atoms with E-state index >= 15 is 0 Å². The maximum absolute atomic E-state index is 10.7. The molecule has 3 nitrogen and oxygen atoms in total. The van der Waals surface area contributed by atoms with Crippen LogP contribution in [0.3, 0.4) is 0 Å². The lowest BCUT2D eigenvalue weighted by molar-refractivity contribution is 0.469. The highest BCUT2D eigenvalue weighted by Crippen LogP contribution is 2.40. The van der Waals surface area contributed by atoms with E-state index in [1.807, 2.05) is 38.1 Å². The summed E-state index contributed by atoms with van der Waals surface area (Å²) in [5, 5.41) is 24.9. The number of furan rings is 1. The van der Waals surface area contributed by atoms with E-state index in [0.717, 1.165) is 38.8 Å². The zero-order chi connectivity index (χ0) is 31.2. The highest BCUT2D eigenvalue weighted by atomic mass is 16.4. The monoisotopic (exact) mass is 589 g/mol. The number of nitrogens with one attached hydrogen (secondary N) is 1. The predicted molar refractivity (Wildman–Crippen MR) is 192 cm³/mol. The first-order chi connectivity index (χ1) is 22.2. The molecule has 0 bridgehead atoms. The Bertz CT molecular complexity index is 2120. The Kier molecular flexibility index (Phi) is 9.07. The Hall–Kier alpha value is -5.15. The fraction of sp³-hybridized carbons (Fsp3) is 0.167. The molecule has 1 aromatic heterocycles. The molecule has 1 aliphatic rings. The van der Waals surface area contributed by atoms with E-state index in [1.165, 1.54) is 53.6 Å². The molecule has 45 heavy (non-hydrogen) atoms. The highest BCUT2D eigenvalue weighted by molar-refractivity contribution is 6.15. The van der Waals surface area contributed by atoms with E-state index in [2.05, 4.69) is 97.1 Å². The minimum absolute atomic E-state index is 0.105. The van der Waals surface area contributed by atoms with Gasteiger partial charge in [-0.15, -0.1) is 0 Å². The van der Waals surface area contributed by atoms with Gasteiger partial charge in [-0.25, -0.2) is 0 Å². The van der Waals surface area contributed by atoms with Crippen LogP contribution >= 0.6 is 0 Å². The molecule has 7 aromatic rings. The van der Waals surface area contributed by atoms with Crippen molar-refractivity contribution in [3.63, 3.8) is 0 Å². The van der Waals surface area contributed by atoms with Crippen LogP contribution in [0.1, 0.15) is 44.2 Å². The summed E-state index contributed by atoms with van der Waals surface area (Å²) in [5.41, 5.74) is 5.30. The molecule has 8 rings (SSSR count). The Morgan fingerprint density at radius 1 is 0.756 bits per heavy atom. The van der Waals surface area contributed by atoms with Crippen molar-refractivity contribution in [2.45, 2.75) is 39.5 Å². The SMILES string of the molecule is C1=CC(Cc2ccccc2)CCC1.CC.N=Cc1cccc2oc3c(O)cc(-c4ccc5c(ccc6ccccc65)c4)cc3c12. The Morgan fingerprint density at radius 2 is 1.53 bits per heavy atom. The molecule has 3 heteroatoms. The van der Waals surface area contributed by atoms with Gasteiger partial charge in [-0.05, 0) is 94.1 Å². The summed E-state index contributed by atoms with van der Waals surface area (Å²) >= 11 is 0. The Morgan fingerprint density at radius 3 is 2.33 bits per heavy atom. The van der Waals surface area contributed by atoms with Crippen molar-refractivity contribution in [3.05, 3.63) is 139 Å². The van der Waals surface area contributed by atoms with E-state index in [1.54, 1.807) is 6.07 Å². The standard InChI is InChI=1S/C27H17NO2.C13H16.C2H6/c28-15-19-5-3-7-25-26(19)23-13-20(14-24(29)27(23)30-25)17-10-11-22-18(12-17)9-8-16-4-1-2-6-21(16)22;1-3-7-12(8-4-1)11-13-9-5-2-6-10-13;1-2/h1-15,28-29H;1,3-5,7-9,13H,2,6,10-11H2;1-2H3. The van der Waals surface area contributed by atoms with Gasteiger partial charge in [0.2, 0.25) is 0 Å². The minimum Gasteiger partial charge on any atom is -0.504 e. The number of fused-ring (bicyclic) bond motifs is 6. The number of hydrogen-bond donors (Lipinski definition) is 2. The average Bonchev–Trinajstić information content (AvgIpc) is 3.50. The fourth-order valence-corrected chi connectivity index (χ4v) is 6.39. The van der Waals surface area contributed by atoms with Gasteiger partial charge >= 0.3 is 0 Å². The smallest absolute Gasteiger partial charge is 0.177 e. The lowest BCUT2D eigenvalue weighted by atomic mass is 9.90. The van der Waals surface area contributed by atoms with Crippen LogP contribution in [-0.4, -0.2) is 11.3 Å². The number of phenols is 1. The normalized spacial score (nSPS) is 14.1. The summed E-state index contributed by atoms with van der Waals surface area (Å²) in [4.78, 5) is 0. The number of benzene rings is 6. The summed E-state index contributed by atoms with van der Waals surface area (Å²) in [6.45, 7) is 4.00. The van der Waals surface area contributed by atoms with Gasteiger partial charge < -0.3 is 14.9 Å². The first kappa shape index (κ1) is 29.9. The number of rotatable bonds is 4. The molecule has 0 radical (unpaired) electrons. The maximum Gasteiger partial charge on any atom is 0.177 e. The molecular formula is C42H39NO2. The van der Waals surface area contributed by atoms with Crippen molar-refractivity contribution < 1.29 is 9.52 Å². The molecule has 1 atom stereocenters. The van der Waals surface area contributed by atoms with Crippen LogP contribution in [0.4, 0.5) is 0 Å². The average molecular weight is 590 g/mol. The van der Waals surface area contributed by atoms with E-state index < -0.39 is 0 Å². The van der Waals surface area contributed by atoms with Gasteiger partial charge in [-0.3, -0.25) is 0 Å². The summed E-state index contributed by atoms with van der Waals surface area (Å²) in [7, 11) is 0. The molecule has 0 spiro atoms. The second-order valence-corrected chi connectivity index (χ2v) is 11.4. The molecule has 6 aromatic carbocycles. The molecule has 224 valence electrons. The molecular weight excluding hydrogens is 550 g/mol. The summed E-state index contributed by atoms with van der Waals surface area (Å²) < 4.78 is 5.88. The maximum atomic E-state index is 10.7. The molecule has 2 N–H and O–H groups in total. The van der Waals surface area contributed by atoms with Crippen LogP contribution in [0.15, 0.2) is 132 Å². The lowest BCUT2D eigenvalue weighted by Gasteiger charge is -2.15. The van der Waals surface area contributed by atoms with E-state index in [-0.39, 0.29) is 5.75 Å². The van der Waals surface area contributed by atoms with Crippen molar-refractivity contribution in [1.82, 2.24) is 0 Å². The third-order valence-electron chi connectivity index (χ3n) is 8.54. The summed E-state index contributed by atoms with van der Waals surface area (Å²) in [6, 6.07) is 39.2. The quantitative estimate of drug-likeness (QED) is 0.122. The third-order valence-corrected chi connectivity index (χ3v) is 8.54. The molecule has 1 unspecified atom stereocenters. The number of phenolic OH excluding ortho intramolecular Hbond substituents is 1. The molecule has 0 fully saturated rings.